The number of methoxy groups -OCH3 is 2. The van der Waals surface area contributed by atoms with E-state index in [-0.39, 0.29) is 11.2 Å². The molecule has 1 heterocycles. The lowest BCUT2D eigenvalue weighted by Crippen LogP contribution is -2.23. The molecule has 1 aromatic heterocycles. The zero-order valence-electron chi connectivity index (χ0n) is 13.0. The van der Waals surface area contributed by atoms with Gasteiger partial charge in [0.25, 0.3) is 0 Å². The minimum atomic E-state index is -0.294. The molecular formula is C15H19N3O3S. The molecule has 6 nitrogen and oxygen atoms in total. The molecular weight excluding hydrogens is 302 g/mol. The number of carbonyl (C=O) groups is 1. The van der Waals surface area contributed by atoms with Crippen molar-refractivity contribution < 1.29 is 14.3 Å². The first-order chi connectivity index (χ1) is 10.5. The molecule has 1 amide bonds. The largest absolute Gasteiger partial charge is 0.497 e. The first-order valence-corrected chi connectivity index (χ1v) is 7.60. The van der Waals surface area contributed by atoms with Gasteiger partial charge in [-0.15, -0.1) is 0 Å². The molecule has 0 aliphatic carbocycles. The minimum absolute atomic E-state index is 0.125. The van der Waals surface area contributed by atoms with Crippen LogP contribution in [0.4, 0.5) is 5.69 Å². The highest BCUT2D eigenvalue weighted by molar-refractivity contribution is 8.00. The van der Waals surface area contributed by atoms with Gasteiger partial charge in [0.15, 0.2) is 5.16 Å². The van der Waals surface area contributed by atoms with E-state index in [0.29, 0.717) is 17.2 Å². The number of ether oxygens (including phenoxy) is 2. The van der Waals surface area contributed by atoms with Gasteiger partial charge in [0.1, 0.15) is 11.5 Å². The van der Waals surface area contributed by atoms with Crippen molar-refractivity contribution in [2.24, 2.45) is 7.05 Å². The van der Waals surface area contributed by atoms with Crippen LogP contribution in [0.3, 0.4) is 0 Å². The van der Waals surface area contributed by atoms with Crippen LogP contribution in [0, 0.1) is 0 Å². The first kappa shape index (κ1) is 16.2. The number of imidazole rings is 1. The lowest BCUT2D eigenvalue weighted by atomic mass is 10.2. The Morgan fingerprint density at radius 1 is 1.36 bits per heavy atom. The molecule has 1 aromatic carbocycles. The van der Waals surface area contributed by atoms with Gasteiger partial charge in [-0.2, -0.15) is 0 Å². The fraction of sp³-hybridized carbons (Fsp3) is 0.333. The van der Waals surface area contributed by atoms with E-state index in [1.807, 2.05) is 24.7 Å². The van der Waals surface area contributed by atoms with E-state index in [9.17, 15) is 4.79 Å². The van der Waals surface area contributed by atoms with Gasteiger partial charge in [-0.25, -0.2) is 4.98 Å². The number of aryl methyl sites for hydroxylation is 1. The van der Waals surface area contributed by atoms with Crippen LogP contribution >= 0.6 is 11.8 Å². The molecule has 118 valence electrons. The zero-order chi connectivity index (χ0) is 16.1. The zero-order valence-corrected chi connectivity index (χ0v) is 13.8. The average Bonchev–Trinajstić information content (AvgIpc) is 2.92. The predicted molar refractivity (Wildman–Crippen MR) is 86.7 cm³/mol. The van der Waals surface area contributed by atoms with E-state index in [1.54, 1.807) is 38.6 Å². The summed E-state index contributed by atoms with van der Waals surface area (Å²) < 4.78 is 12.3. The molecule has 0 radical (unpaired) electrons. The van der Waals surface area contributed by atoms with Crippen LogP contribution < -0.4 is 14.8 Å². The number of rotatable bonds is 6. The van der Waals surface area contributed by atoms with Crippen LogP contribution in [0.25, 0.3) is 0 Å². The maximum atomic E-state index is 12.4. The number of thioether (sulfide) groups is 1. The lowest BCUT2D eigenvalue weighted by molar-refractivity contribution is -0.115. The van der Waals surface area contributed by atoms with Crippen molar-refractivity contribution in [1.82, 2.24) is 9.55 Å². The molecule has 2 rings (SSSR count). The topological polar surface area (TPSA) is 65.4 Å². The molecule has 1 N–H and O–H groups in total. The van der Waals surface area contributed by atoms with Gasteiger partial charge < -0.3 is 19.4 Å². The summed E-state index contributed by atoms with van der Waals surface area (Å²) in [6.45, 7) is 1.83. The molecule has 22 heavy (non-hydrogen) atoms. The van der Waals surface area contributed by atoms with Gasteiger partial charge in [0, 0.05) is 25.5 Å². The number of carbonyl (C=O) groups excluding carboxylic acids is 1. The Morgan fingerprint density at radius 2 is 2.14 bits per heavy atom. The van der Waals surface area contributed by atoms with Crippen molar-refractivity contribution in [2.45, 2.75) is 17.3 Å². The van der Waals surface area contributed by atoms with E-state index < -0.39 is 0 Å². The van der Waals surface area contributed by atoms with E-state index in [4.69, 9.17) is 9.47 Å². The normalized spacial score (nSPS) is 11.8. The second-order valence-electron chi connectivity index (χ2n) is 4.64. The highest BCUT2D eigenvalue weighted by Crippen LogP contribution is 2.30. The van der Waals surface area contributed by atoms with Gasteiger partial charge in [0.2, 0.25) is 5.91 Å². The number of nitrogens with zero attached hydrogens (tertiary/aromatic N) is 2. The lowest BCUT2D eigenvalue weighted by Gasteiger charge is -2.14. The molecule has 0 aliphatic rings. The highest BCUT2D eigenvalue weighted by Gasteiger charge is 2.18. The van der Waals surface area contributed by atoms with Crippen LogP contribution in [-0.2, 0) is 11.8 Å². The Bertz CT molecular complexity index is 657. The van der Waals surface area contributed by atoms with Crippen molar-refractivity contribution in [3.05, 3.63) is 30.6 Å². The van der Waals surface area contributed by atoms with Crippen molar-refractivity contribution >= 4 is 23.4 Å². The molecule has 0 spiro atoms. The number of anilines is 1. The highest BCUT2D eigenvalue weighted by atomic mass is 32.2. The molecule has 0 aliphatic heterocycles. The second-order valence-corrected chi connectivity index (χ2v) is 5.94. The van der Waals surface area contributed by atoms with Crippen LogP contribution in [0.5, 0.6) is 11.5 Å². The van der Waals surface area contributed by atoms with E-state index in [1.165, 1.54) is 11.8 Å². The van der Waals surface area contributed by atoms with E-state index >= 15 is 0 Å². The van der Waals surface area contributed by atoms with Gasteiger partial charge >= 0.3 is 0 Å². The summed E-state index contributed by atoms with van der Waals surface area (Å²) in [7, 11) is 5.03. The summed E-state index contributed by atoms with van der Waals surface area (Å²) >= 11 is 1.40. The summed E-state index contributed by atoms with van der Waals surface area (Å²) in [6, 6.07) is 5.26. The molecule has 2 aromatic rings. The summed E-state index contributed by atoms with van der Waals surface area (Å²) in [5.74, 6) is 1.11. The van der Waals surface area contributed by atoms with Crippen molar-refractivity contribution in [3.8, 4) is 11.5 Å². The molecule has 0 bridgehead atoms. The number of hydrogen-bond acceptors (Lipinski definition) is 5. The molecule has 0 saturated heterocycles. The Hall–Kier alpha value is -2.15. The number of nitrogens with one attached hydrogen (secondary N) is 1. The monoisotopic (exact) mass is 321 g/mol. The quantitative estimate of drug-likeness (QED) is 0.828. The maximum Gasteiger partial charge on any atom is 0.237 e. The SMILES string of the molecule is COc1ccc(OC)c(NC(=O)C(C)Sc2nccn2C)c1. The Kier molecular flexibility index (Phi) is 5.32. The third kappa shape index (κ3) is 3.73. The van der Waals surface area contributed by atoms with Gasteiger partial charge in [-0.3, -0.25) is 4.79 Å². The Balaban J connectivity index is 2.09. The van der Waals surface area contributed by atoms with Crippen LogP contribution in [-0.4, -0.2) is 34.9 Å². The smallest absolute Gasteiger partial charge is 0.237 e. The van der Waals surface area contributed by atoms with Crippen molar-refractivity contribution in [3.63, 3.8) is 0 Å². The molecule has 1 atom stereocenters. The molecule has 7 heteroatoms. The standard InChI is InChI=1S/C15H19N3O3S/c1-10(22-15-16-7-8-18(15)2)14(19)17-12-9-11(20-3)5-6-13(12)21-4/h5-10H,1-4H3,(H,17,19). The summed E-state index contributed by atoms with van der Waals surface area (Å²) in [5, 5.41) is 3.36. The van der Waals surface area contributed by atoms with Gasteiger partial charge in [-0.05, 0) is 19.1 Å². The molecule has 0 saturated carbocycles. The van der Waals surface area contributed by atoms with Gasteiger partial charge in [0.05, 0.1) is 25.2 Å². The first-order valence-electron chi connectivity index (χ1n) is 6.72. The molecule has 1 unspecified atom stereocenters. The predicted octanol–water partition coefficient (Wildman–Crippen LogP) is 2.56. The summed E-state index contributed by atoms with van der Waals surface area (Å²) in [5.41, 5.74) is 0.583. The number of hydrogen-bond donors (Lipinski definition) is 1. The average molecular weight is 321 g/mol. The van der Waals surface area contributed by atoms with Crippen LogP contribution in [0.2, 0.25) is 0 Å². The van der Waals surface area contributed by atoms with Crippen molar-refractivity contribution in [2.75, 3.05) is 19.5 Å². The Morgan fingerprint density at radius 3 is 2.73 bits per heavy atom. The number of benzene rings is 1. The number of amides is 1. The summed E-state index contributed by atoms with van der Waals surface area (Å²) in [4.78, 5) is 16.6. The van der Waals surface area contributed by atoms with Gasteiger partial charge in [-0.1, -0.05) is 11.8 Å². The van der Waals surface area contributed by atoms with Crippen LogP contribution in [0.15, 0.2) is 35.7 Å². The van der Waals surface area contributed by atoms with Crippen molar-refractivity contribution in [1.29, 1.82) is 0 Å². The third-order valence-electron chi connectivity index (χ3n) is 3.09. The number of aromatic nitrogens is 2. The fourth-order valence-corrected chi connectivity index (χ4v) is 2.65. The Labute approximate surface area is 133 Å². The van der Waals surface area contributed by atoms with E-state index in [0.717, 1.165) is 5.16 Å². The molecule has 0 fully saturated rings. The van der Waals surface area contributed by atoms with E-state index in [2.05, 4.69) is 10.3 Å². The van der Waals surface area contributed by atoms with Crippen LogP contribution in [0.1, 0.15) is 6.92 Å². The maximum absolute atomic E-state index is 12.4. The third-order valence-corrected chi connectivity index (χ3v) is 4.26. The minimum Gasteiger partial charge on any atom is -0.497 e. The summed E-state index contributed by atoms with van der Waals surface area (Å²) in [6.07, 6.45) is 3.55. The fourth-order valence-electron chi connectivity index (χ4n) is 1.82. The second kappa shape index (κ2) is 7.22.